The number of carboxylic acids is 1. The first-order valence-electron chi connectivity index (χ1n) is 8.49. The lowest BCUT2D eigenvalue weighted by molar-refractivity contribution is -0.313. The quantitative estimate of drug-likeness (QED) is 0.615. The lowest BCUT2D eigenvalue weighted by atomic mass is 9.82. The van der Waals surface area contributed by atoms with E-state index in [1.165, 1.54) is 0 Å². The molecule has 0 aliphatic carbocycles. The number of rotatable bonds is 2. The maximum Gasteiger partial charge on any atom is 0.410 e. The van der Waals surface area contributed by atoms with E-state index in [0.717, 1.165) is 0 Å². The van der Waals surface area contributed by atoms with E-state index in [-0.39, 0.29) is 5.91 Å². The summed E-state index contributed by atoms with van der Waals surface area (Å²) in [6, 6.07) is 0. The van der Waals surface area contributed by atoms with E-state index in [2.05, 4.69) is 0 Å². The normalized spacial score (nSPS) is 31.3. The highest BCUT2D eigenvalue weighted by Crippen LogP contribution is 2.40. The Hall–Kier alpha value is -2.09. The first-order chi connectivity index (χ1) is 11.7. The van der Waals surface area contributed by atoms with Crippen molar-refractivity contribution >= 4 is 18.0 Å². The summed E-state index contributed by atoms with van der Waals surface area (Å²) in [6.45, 7) is 6.79. The van der Waals surface area contributed by atoms with Gasteiger partial charge in [-0.3, -0.25) is 4.79 Å². The number of ether oxygens (including phenoxy) is 2. The maximum atomic E-state index is 12.8. The Kier molecular flexibility index (Phi) is 4.49. The lowest BCUT2D eigenvalue weighted by Gasteiger charge is -2.38. The fourth-order valence-corrected chi connectivity index (χ4v) is 3.53. The number of nitrogens with zero attached hydrogens (tertiary/aromatic N) is 2. The van der Waals surface area contributed by atoms with Gasteiger partial charge in [-0.05, 0) is 20.8 Å². The highest BCUT2D eigenvalue weighted by atomic mass is 16.6. The van der Waals surface area contributed by atoms with Crippen LogP contribution in [0.15, 0.2) is 12.2 Å². The molecule has 0 aromatic rings. The monoisotopic (exact) mass is 351 g/mol. The molecule has 8 heteroatoms. The van der Waals surface area contributed by atoms with E-state index in [0.29, 0.717) is 26.2 Å². The summed E-state index contributed by atoms with van der Waals surface area (Å²) >= 11 is 0. The van der Waals surface area contributed by atoms with E-state index in [9.17, 15) is 19.5 Å². The second-order valence-corrected chi connectivity index (χ2v) is 7.61. The van der Waals surface area contributed by atoms with E-state index >= 15 is 0 Å². The summed E-state index contributed by atoms with van der Waals surface area (Å²) in [5.41, 5.74) is -0.571. The predicted octanol–water partition coefficient (Wildman–Crippen LogP) is -0.615. The Morgan fingerprint density at radius 2 is 1.52 bits per heavy atom. The van der Waals surface area contributed by atoms with Crippen molar-refractivity contribution in [3.05, 3.63) is 12.2 Å². The van der Waals surface area contributed by atoms with Crippen molar-refractivity contribution in [3.63, 3.8) is 0 Å². The predicted molar refractivity (Wildman–Crippen MR) is 84.2 cm³/mol. The number of aliphatic carboxylic acids is 1. The number of hydrogen-bond acceptors (Lipinski definition) is 6. The number of piperazine rings is 1. The minimum absolute atomic E-state index is 0.255. The van der Waals surface area contributed by atoms with Gasteiger partial charge in [0.25, 0.3) is 0 Å². The van der Waals surface area contributed by atoms with Crippen molar-refractivity contribution in [1.29, 1.82) is 0 Å². The van der Waals surface area contributed by atoms with Gasteiger partial charge in [-0.2, -0.15) is 0 Å². The lowest BCUT2D eigenvalue weighted by Crippen LogP contribution is -2.55. The summed E-state index contributed by atoms with van der Waals surface area (Å²) in [7, 11) is 0. The van der Waals surface area contributed by atoms with Crippen LogP contribution in [0.5, 0.6) is 0 Å². The molecule has 3 aliphatic heterocycles. The molecule has 2 bridgehead atoms. The summed E-state index contributed by atoms with van der Waals surface area (Å²) in [5.74, 6) is -3.23. The van der Waals surface area contributed by atoms with E-state index in [1.54, 1.807) is 42.7 Å². The summed E-state index contributed by atoms with van der Waals surface area (Å²) in [5, 5.41) is 11.4. The van der Waals surface area contributed by atoms with Gasteiger partial charge in [-0.15, -0.1) is 0 Å². The van der Waals surface area contributed by atoms with Crippen molar-refractivity contribution in [1.82, 2.24) is 9.80 Å². The summed E-state index contributed by atoms with van der Waals surface area (Å²) in [6.07, 6.45) is 1.91. The SMILES string of the molecule is CC(C)(C)OC(=O)N1CCN(C(=O)C2C(C(=O)[O-])[C@H]3C=C[C@@H]2O3)CC1. The van der Waals surface area contributed by atoms with Gasteiger partial charge in [0.05, 0.1) is 18.1 Å². The molecule has 0 spiro atoms. The molecule has 2 unspecified atom stereocenters. The molecule has 25 heavy (non-hydrogen) atoms. The van der Waals surface area contributed by atoms with Crippen LogP contribution in [0, 0.1) is 11.8 Å². The molecule has 4 atom stereocenters. The van der Waals surface area contributed by atoms with Gasteiger partial charge in [0.2, 0.25) is 5.91 Å². The van der Waals surface area contributed by atoms with Crippen LogP contribution in [0.2, 0.25) is 0 Å². The highest BCUT2D eigenvalue weighted by Gasteiger charge is 2.51. The molecule has 138 valence electrons. The number of amides is 2. The number of carboxylic acid groups (broad SMARTS) is 1. The Labute approximate surface area is 146 Å². The molecular formula is C17H23N2O6-. The topological polar surface area (TPSA) is 99.2 Å². The standard InChI is InChI=1S/C17H24N2O6/c1-17(2,3)25-16(23)19-8-6-18(7-9-19)14(20)12-10-4-5-11(24-10)13(12)15(21)22/h4-5,10-13H,6-9H2,1-3H3,(H,21,22)/p-1/t10-,11+,12?,13?/m0/s1. The van der Waals surface area contributed by atoms with Gasteiger partial charge in [0.15, 0.2) is 0 Å². The zero-order valence-corrected chi connectivity index (χ0v) is 14.6. The molecule has 3 heterocycles. The average Bonchev–Trinajstić information content (AvgIpc) is 3.13. The number of carbonyl (C=O) groups excluding carboxylic acids is 3. The second-order valence-electron chi connectivity index (χ2n) is 7.61. The van der Waals surface area contributed by atoms with Crippen LogP contribution in [0.1, 0.15) is 20.8 Å². The van der Waals surface area contributed by atoms with Gasteiger partial charge < -0.3 is 29.2 Å². The molecular weight excluding hydrogens is 328 g/mol. The first-order valence-corrected chi connectivity index (χ1v) is 8.49. The Morgan fingerprint density at radius 3 is 2.04 bits per heavy atom. The van der Waals surface area contributed by atoms with Crippen LogP contribution < -0.4 is 5.11 Å². The molecule has 2 fully saturated rings. The molecule has 0 radical (unpaired) electrons. The van der Waals surface area contributed by atoms with E-state index < -0.39 is 41.7 Å². The van der Waals surface area contributed by atoms with Gasteiger partial charge in [0.1, 0.15) is 5.60 Å². The van der Waals surface area contributed by atoms with Crippen LogP contribution in [0.25, 0.3) is 0 Å². The minimum Gasteiger partial charge on any atom is -0.550 e. The minimum atomic E-state index is -1.26. The maximum absolute atomic E-state index is 12.8. The third-order valence-electron chi connectivity index (χ3n) is 4.70. The molecule has 0 N–H and O–H groups in total. The highest BCUT2D eigenvalue weighted by molar-refractivity contribution is 5.87. The van der Waals surface area contributed by atoms with E-state index in [1.807, 2.05) is 0 Å². The van der Waals surface area contributed by atoms with Gasteiger partial charge in [-0.25, -0.2) is 4.79 Å². The van der Waals surface area contributed by atoms with Gasteiger partial charge in [-0.1, -0.05) is 12.2 Å². The van der Waals surface area contributed by atoms with Crippen LogP contribution in [-0.2, 0) is 19.1 Å². The summed E-state index contributed by atoms with van der Waals surface area (Å²) in [4.78, 5) is 39.4. The summed E-state index contributed by atoms with van der Waals surface area (Å²) < 4.78 is 10.9. The fourth-order valence-electron chi connectivity index (χ4n) is 3.53. The second kappa shape index (κ2) is 6.33. The number of fused-ring (bicyclic) bond motifs is 2. The van der Waals surface area contributed by atoms with Crippen LogP contribution in [0.3, 0.4) is 0 Å². The van der Waals surface area contributed by atoms with Crippen molar-refractivity contribution in [2.24, 2.45) is 11.8 Å². The van der Waals surface area contributed by atoms with Crippen LogP contribution >= 0.6 is 0 Å². The molecule has 0 aromatic carbocycles. The molecule has 0 saturated carbocycles. The van der Waals surface area contributed by atoms with E-state index in [4.69, 9.17) is 9.47 Å². The molecule has 3 aliphatic rings. The molecule has 0 aromatic heterocycles. The van der Waals surface area contributed by atoms with Crippen molar-refractivity contribution in [2.75, 3.05) is 26.2 Å². The van der Waals surface area contributed by atoms with Crippen molar-refractivity contribution in [3.8, 4) is 0 Å². The third kappa shape index (κ3) is 3.49. The van der Waals surface area contributed by atoms with Crippen molar-refractivity contribution < 1.29 is 29.0 Å². The largest absolute Gasteiger partial charge is 0.550 e. The average molecular weight is 351 g/mol. The van der Waals surface area contributed by atoms with Crippen molar-refractivity contribution in [2.45, 2.75) is 38.6 Å². The molecule has 3 rings (SSSR count). The smallest absolute Gasteiger partial charge is 0.410 e. The fraction of sp³-hybridized carbons (Fsp3) is 0.706. The molecule has 2 saturated heterocycles. The number of carbonyl (C=O) groups is 3. The first kappa shape index (κ1) is 17.7. The van der Waals surface area contributed by atoms with Gasteiger partial charge in [0, 0.05) is 38.1 Å². The Balaban J connectivity index is 1.60. The zero-order chi connectivity index (χ0) is 18.4. The molecule has 8 nitrogen and oxygen atoms in total. The Morgan fingerprint density at radius 1 is 1.00 bits per heavy atom. The van der Waals surface area contributed by atoms with Crippen LogP contribution in [-0.4, -0.2) is 71.8 Å². The van der Waals surface area contributed by atoms with Gasteiger partial charge >= 0.3 is 6.09 Å². The molecule has 2 amide bonds. The third-order valence-corrected chi connectivity index (χ3v) is 4.70. The Bertz CT molecular complexity index is 603. The number of hydrogen-bond donors (Lipinski definition) is 0. The zero-order valence-electron chi connectivity index (χ0n) is 14.6. The van der Waals surface area contributed by atoms with Crippen LogP contribution in [0.4, 0.5) is 4.79 Å².